The lowest BCUT2D eigenvalue weighted by molar-refractivity contribution is 0.0693. The zero-order chi connectivity index (χ0) is 12.5. The molecule has 94 valence electrons. The Labute approximate surface area is 104 Å². The summed E-state index contributed by atoms with van der Waals surface area (Å²) >= 11 is 0. The number of fused-ring (bicyclic) bond motifs is 1. The van der Waals surface area contributed by atoms with Crippen molar-refractivity contribution in [1.29, 1.82) is 0 Å². The van der Waals surface area contributed by atoms with Gasteiger partial charge in [-0.1, -0.05) is 19.3 Å². The van der Waals surface area contributed by atoms with E-state index in [0.717, 1.165) is 18.7 Å². The Bertz CT molecular complexity index is 585. The first-order valence-electron chi connectivity index (χ1n) is 6.32. The zero-order valence-electron chi connectivity index (χ0n) is 10.0. The van der Waals surface area contributed by atoms with E-state index < -0.39 is 5.97 Å². The van der Waals surface area contributed by atoms with E-state index in [-0.39, 0.29) is 5.69 Å². The van der Waals surface area contributed by atoms with E-state index in [1.165, 1.54) is 19.3 Å². The number of hydrogen-bond donors (Lipinski definition) is 1. The van der Waals surface area contributed by atoms with Crippen molar-refractivity contribution in [2.45, 2.75) is 38.0 Å². The number of hydrogen-bond acceptors (Lipinski definition) is 3. The highest BCUT2D eigenvalue weighted by Crippen LogP contribution is 2.32. The molecule has 0 aliphatic heterocycles. The van der Waals surface area contributed by atoms with Crippen LogP contribution in [0.15, 0.2) is 18.6 Å². The third kappa shape index (κ3) is 1.75. The number of aromatic nitrogens is 3. The van der Waals surface area contributed by atoms with Gasteiger partial charge in [-0.05, 0) is 18.9 Å². The van der Waals surface area contributed by atoms with E-state index in [9.17, 15) is 9.90 Å². The fourth-order valence-electron chi connectivity index (χ4n) is 2.77. The number of carbonyl (C=O) groups is 1. The van der Waals surface area contributed by atoms with Crippen LogP contribution in [0.3, 0.4) is 0 Å². The molecule has 0 spiro atoms. The van der Waals surface area contributed by atoms with Gasteiger partial charge in [-0.25, -0.2) is 14.8 Å². The summed E-state index contributed by atoms with van der Waals surface area (Å²) in [6, 6.07) is 1.71. The molecule has 1 fully saturated rings. The van der Waals surface area contributed by atoms with Crippen LogP contribution in [-0.4, -0.2) is 25.4 Å². The molecule has 0 radical (unpaired) electrons. The molecule has 3 rings (SSSR count). The normalized spacial score (nSPS) is 17.1. The molecule has 2 heterocycles. The lowest BCUT2D eigenvalue weighted by atomic mass is 9.89. The molecule has 0 saturated heterocycles. The number of carboxylic acids is 1. The highest BCUT2D eigenvalue weighted by molar-refractivity contribution is 5.93. The first-order chi connectivity index (χ1) is 8.77. The molecule has 0 amide bonds. The van der Waals surface area contributed by atoms with E-state index in [2.05, 4.69) is 9.97 Å². The molecule has 0 atom stereocenters. The van der Waals surface area contributed by atoms with Crippen LogP contribution in [0.1, 0.15) is 54.3 Å². The summed E-state index contributed by atoms with van der Waals surface area (Å²) in [4.78, 5) is 19.6. The largest absolute Gasteiger partial charge is 0.476 e. The molecular weight excluding hydrogens is 230 g/mol. The SMILES string of the molecule is O=C(O)c1nc(C2CCCCC2)n2cnccc12. The van der Waals surface area contributed by atoms with Crippen molar-refractivity contribution in [2.75, 3.05) is 0 Å². The molecule has 5 nitrogen and oxygen atoms in total. The molecule has 18 heavy (non-hydrogen) atoms. The molecule has 1 N–H and O–H groups in total. The Hall–Kier alpha value is -1.91. The summed E-state index contributed by atoms with van der Waals surface area (Å²) < 4.78 is 1.83. The quantitative estimate of drug-likeness (QED) is 0.882. The molecule has 1 aliphatic rings. The first kappa shape index (κ1) is 11.2. The van der Waals surface area contributed by atoms with Gasteiger partial charge in [0, 0.05) is 12.1 Å². The lowest BCUT2D eigenvalue weighted by Gasteiger charge is -2.20. The van der Waals surface area contributed by atoms with Gasteiger partial charge in [-0.2, -0.15) is 0 Å². The van der Waals surface area contributed by atoms with Crippen molar-refractivity contribution < 1.29 is 9.90 Å². The Morgan fingerprint density at radius 3 is 2.83 bits per heavy atom. The number of aromatic carboxylic acids is 1. The maximum absolute atomic E-state index is 11.2. The third-order valence-electron chi connectivity index (χ3n) is 3.65. The highest BCUT2D eigenvalue weighted by atomic mass is 16.4. The van der Waals surface area contributed by atoms with Crippen molar-refractivity contribution in [3.05, 3.63) is 30.1 Å². The van der Waals surface area contributed by atoms with Crippen LogP contribution in [0.5, 0.6) is 0 Å². The van der Waals surface area contributed by atoms with Crippen LogP contribution in [0, 0.1) is 0 Å². The Morgan fingerprint density at radius 2 is 2.11 bits per heavy atom. The molecule has 5 heteroatoms. The Balaban J connectivity index is 2.13. The van der Waals surface area contributed by atoms with Crippen LogP contribution in [0.4, 0.5) is 0 Å². The van der Waals surface area contributed by atoms with Crippen molar-refractivity contribution in [3.8, 4) is 0 Å². The van der Waals surface area contributed by atoms with Crippen molar-refractivity contribution >= 4 is 11.5 Å². The Kier molecular flexibility index (Phi) is 2.74. The van der Waals surface area contributed by atoms with Gasteiger partial charge in [0.1, 0.15) is 12.2 Å². The summed E-state index contributed by atoms with van der Waals surface area (Å²) in [7, 11) is 0. The van der Waals surface area contributed by atoms with Crippen LogP contribution in [0.2, 0.25) is 0 Å². The number of nitrogens with zero attached hydrogens (tertiary/aromatic N) is 3. The smallest absolute Gasteiger partial charge is 0.356 e. The first-order valence-corrected chi connectivity index (χ1v) is 6.32. The highest BCUT2D eigenvalue weighted by Gasteiger charge is 2.24. The maximum atomic E-state index is 11.2. The van der Waals surface area contributed by atoms with Crippen LogP contribution in [0.25, 0.3) is 5.52 Å². The summed E-state index contributed by atoms with van der Waals surface area (Å²) in [5.74, 6) is 0.250. The molecule has 2 aromatic rings. The second-order valence-corrected chi connectivity index (χ2v) is 4.79. The van der Waals surface area contributed by atoms with Gasteiger partial charge in [-0.3, -0.25) is 4.40 Å². The van der Waals surface area contributed by atoms with Crippen LogP contribution >= 0.6 is 0 Å². The zero-order valence-corrected chi connectivity index (χ0v) is 10.0. The Morgan fingerprint density at radius 1 is 1.33 bits per heavy atom. The van der Waals surface area contributed by atoms with Gasteiger partial charge in [0.05, 0.1) is 5.52 Å². The monoisotopic (exact) mass is 245 g/mol. The van der Waals surface area contributed by atoms with Crippen LogP contribution < -0.4 is 0 Å². The molecular formula is C13H15N3O2. The predicted molar refractivity (Wildman–Crippen MR) is 65.8 cm³/mol. The lowest BCUT2D eigenvalue weighted by Crippen LogP contribution is -2.08. The van der Waals surface area contributed by atoms with E-state index in [1.807, 2.05) is 4.40 Å². The van der Waals surface area contributed by atoms with E-state index >= 15 is 0 Å². The second-order valence-electron chi connectivity index (χ2n) is 4.79. The standard InChI is InChI=1S/C13H15N3O2/c17-13(18)11-10-6-7-14-8-16(10)12(15-11)9-4-2-1-3-5-9/h6-9H,1-5H2,(H,17,18). The molecule has 2 aromatic heterocycles. The van der Waals surface area contributed by atoms with E-state index in [0.29, 0.717) is 11.4 Å². The summed E-state index contributed by atoms with van der Waals surface area (Å²) in [5, 5.41) is 9.20. The minimum Gasteiger partial charge on any atom is -0.476 e. The fraction of sp³-hybridized carbons (Fsp3) is 0.462. The van der Waals surface area contributed by atoms with Crippen molar-refractivity contribution in [1.82, 2.24) is 14.4 Å². The van der Waals surface area contributed by atoms with Gasteiger partial charge in [0.25, 0.3) is 0 Å². The third-order valence-corrected chi connectivity index (χ3v) is 3.65. The number of carboxylic acid groups (broad SMARTS) is 1. The van der Waals surface area contributed by atoms with Gasteiger partial charge >= 0.3 is 5.97 Å². The topological polar surface area (TPSA) is 67.5 Å². The fourth-order valence-corrected chi connectivity index (χ4v) is 2.77. The summed E-state index contributed by atoms with van der Waals surface area (Å²) in [6.07, 6.45) is 9.11. The number of imidazole rings is 1. The summed E-state index contributed by atoms with van der Waals surface area (Å²) in [5.41, 5.74) is 0.774. The van der Waals surface area contributed by atoms with Crippen molar-refractivity contribution in [2.24, 2.45) is 0 Å². The molecule has 0 bridgehead atoms. The van der Waals surface area contributed by atoms with Gasteiger partial charge in [-0.15, -0.1) is 0 Å². The molecule has 1 saturated carbocycles. The maximum Gasteiger partial charge on any atom is 0.356 e. The van der Waals surface area contributed by atoms with Crippen LogP contribution in [-0.2, 0) is 0 Å². The minimum absolute atomic E-state index is 0.137. The predicted octanol–water partition coefficient (Wildman–Crippen LogP) is 2.48. The van der Waals surface area contributed by atoms with E-state index in [4.69, 9.17) is 0 Å². The number of rotatable bonds is 2. The second kappa shape index (κ2) is 4.40. The van der Waals surface area contributed by atoms with Crippen molar-refractivity contribution in [3.63, 3.8) is 0 Å². The van der Waals surface area contributed by atoms with Gasteiger partial charge < -0.3 is 5.11 Å². The summed E-state index contributed by atoms with van der Waals surface area (Å²) in [6.45, 7) is 0. The molecule has 0 aromatic carbocycles. The minimum atomic E-state index is -0.972. The molecule has 0 unspecified atom stereocenters. The molecule has 1 aliphatic carbocycles. The van der Waals surface area contributed by atoms with E-state index in [1.54, 1.807) is 18.6 Å². The average molecular weight is 245 g/mol. The van der Waals surface area contributed by atoms with Gasteiger partial charge in [0.15, 0.2) is 5.69 Å². The van der Waals surface area contributed by atoms with Gasteiger partial charge in [0.2, 0.25) is 0 Å². The average Bonchev–Trinajstić information content (AvgIpc) is 2.79.